The molecule has 0 radical (unpaired) electrons. The molecular formula is C22H19N3O3. The molecule has 4 aromatic rings. The number of hydrogen-bond acceptors (Lipinski definition) is 5. The Morgan fingerprint density at radius 3 is 2.61 bits per heavy atom. The fourth-order valence-corrected chi connectivity index (χ4v) is 3.30. The van der Waals surface area contributed by atoms with Crippen molar-refractivity contribution in [2.24, 2.45) is 0 Å². The Morgan fingerprint density at radius 2 is 1.86 bits per heavy atom. The molecule has 140 valence electrons. The van der Waals surface area contributed by atoms with E-state index in [4.69, 9.17) is 9.47 Å². The molecule has 0 spiro atoms. The number of H-pyrrole nitrogens is 1. The Kier molecular flexibility index (Phi) is 4.76. The van der Waals surface area contributed by atoms with Gasteiger partial charge in [-0.15, -0.1) is 0 Å². The first-order chi connectivity index (χ1) is 13.7. The average molecular weight is 373 g/mol. The third-order valence-electron chi connectivity index (χ3n) is 4.65. The largest absolute Gasteiger partial charge is 0.496 e. The predicted octanol–water partition coefficient (Wildman–Crippen LogP) is 4.02. The SMILES string of the molecule is COC(=O)Cc1ccc(OC)c(-c2c[nH]c3ncnc(-c4ccccc4)c23)c1. The summed E-state index contributed by atoms with van der Waals surface area (Å²) >= 11 is 0. The summed E-state index contributed by atoms with van der Waals surface area (Å²) in [5.74, 6) is 0.417. The summed E-state index contributed by atoms with van der Waals surface area (Å²) in [5.41, 5.74) is 5.20. The normalized spacial score (nSPS) is 10.8. The number of nitrogens with one attached hydrogen (secondary N) is 1. The van der Waals surface area contributed by atoms with Crippen molar-refractivity contribution in [3.63, 3.8) is 0 Å². The molecule has 0 aliphatic rings. The van der Waals surface area contributed by atoms with Gasteiger partial charge in [-0.2, -0.15) is 0 Å². The zero-order valence-corrected chi connectivity index (χ0v) is 15.6. The van der Waals surface area contributed by atoms with E-state index in [0.29, 0.717) is 5.75 Å². The van der Waals surface area contributed by atoms with E-state index in [1.165, 1.54) is 7.11 Å². The third kappa shape index (κ3) is 3.20. The molecule has 2 aromatic carbocycles. The number of carbonyl (C=O) groups excluding carboxylic acids is 1. The molecule has 2 heterocycles. The Labute approximate surface area is 162 Å². The quantitative estimate of drug-likeness (QED) is 0.535. The van der Waals surface area contributed by atoms with Gasteiger partial charge in [-0.3, -0.25) is 4.79 Å². The van der Waals surface area contributed by atoms with Crippen LogP contribution in [0.2, 0.25) is 0 Å². The monoisotopic (exact) mass is 373 g/mol. The number of aromatic nitrogens is 3. The fraction of sp³-hybridized carbons (Fsp3) is 0.136. The van der Waals surface area contributed by atoms with Crippen molar-refractivity contribution in [2.45, 2.75) is 6.42 Å². The van der Waals surface area contributed by atoms with Crippen LogP contribution in [-0.4, -0.2) is 35.1 Å². The Bertz CT molecular complexity index is 1140. The minimum absolute atomic E-state index is 0.192. The lowest BCUT2D eigenvalue weighted by Gasteiger charge is -2.11. The lowest BCUT2D eigenvalue weighted by molar-refractivity contribution is -0.139. The molecule has 0 unspecified atom stereocenters. The molecule has 2 aromatic heterocycles. The van der Waals surface area contributed by atoms with E-state index in [-0.39, 0.29) is 12.4 Å². The maximum atomic E-state index is 11.7. The minimum atomic E-state index is -0.289. The van der Waals surface area contributed by atoms with Gasteiger partial charge in [0.1, 0.15) is 17.7 Å². The van der Waals surface area contributed by atoms with Crippen molar-refractivity contribution in [1.82, 2.24) is 15.0 Å². The molecule has 0 saturated heterocycles. The third-order valence-corrected chi connectivity index (χ3v) is 4.65. The number of esters is 1. The van der Waals surface area contributed by atoms with Crippen LogP contribution in [0.25, 0.3) is 33.4 Å². The van der Waals surface area contributed by atoms with E-state index < -0.39 is 0 Å². The highest BCUT2D eigenvalue weighted by molar-refractivity contribution is 6.03. The number of methoxy groups -OCH3 is 2. The molecule has 0 atom stereocenters. The number of aromatic amines is 1. The molecule has 28 heavy (non-hydrogen) atoms. The summed E-state index contributed by atoms with van der Waals surface area (Å²) in [6.07, 6.45) is 3.64. The maximum Gasteiger partial charge on any atom is 0.309 e. The van der Waals surface area contributed by atoms with Gasteiger partial charge in [0.25, 0.3) is 0 Å². The predicted molar refractivity (Wildman–Crippen MR) is 107 cm³/mol. The molecule has 6 nitrogen and oxygen atoms in total. The topological polar surface area (TPSA) is 77.1 Å². The number of fused-ring (bicyclic) bond motifs is 1. The molecule has 0 aliphatic heterocycles. The van der Waals surface area contributed by atoms with Gasteiger partial charge in [0.2, 0.25) is 0 Å². The van der Waals surface area contributed by atoms with Gasteiger partial charge in [-0.1, -0.05) is 36.4 Å². The van der Waals surface area contributed by atoms with Gasteiger partial charge in [0.15, 0.2) is 0 Å². The van der Waals surface area contributed by atoms with Crippen molar-refractivity contribution >= 4 is 17.0 Å². The van der Waals surface area contributed by atoms with Gasteiger partial charge in [-0.25, -0.2) is 9.97 Å². The van der Waals surface area contributed by atoms with E-state index >= 15 is 0 Å². The standard InChI is InChI=1S/C22H19N3O3/c1-27-18-9-8-14(11-19(26)28-2)10-16(18)17-12-23-22-20(17)21(24-13-25-22)15-6-4-3-5-7-15/h3-10,12-13H,11H2,1-2H3,(H,23,24,25). The zero-order chi connectivity index (χ0) is 19.5. The van der Waals surface area contributed by atoms with Crippen LogP contribution in [0, 0.1) is 0 Å². The van der Waals surface area contributed by atoms with Crippen LogP contribution >= 0.6 is 0 Å². The van der Waals surface area contributed by atoms with Gasteiger partial charge >= 0.3 is 5.97 Å². The highest BCUT2D eigenvalue weighted by atomic mass is 16.5. The Morgan fingerprint density at radius 1 is 1.04 bits per heavy atom. The van der Waals surface area contributed by atoms with Gasteiger partial charge in [0.05, 0.1) is 31.7 Å². The van der Waals surface area contributed by atoms with Crippen LogP contribution in [0.5, 0.6) is 5.75 Å². The minimum Gasteiger partial charge on any atom is -0.496 e. The summed E-state index contributed by atoms with van der Waals surface area (Å²) in [4.78, 5) is 23.8. The molecule has 0 bridgehead atoms. The Hall–Kier alpha value is -3.67. The number of ether oxygens (including phenoxy) is 2. The van der Waals surface area contributed by atoms with Crippen LogP contribution < -0.4 is 4.74 Å². The van der Waals surface area contributed by atoms with Crippen LogP contribution in [0.15, 0.2) is 61.1 Å². The first-order valence-corrected chi connectivity index (χ1v) is 8.83. The van der Waals surface area contributed by atoms with E-state index in [1.807, 2.05) is 54.7 Å². The van der Waals surface area contributed by atoms with Gasteiger partial charge < -0.3 is 14.5 Å². The number of hydrogen-bond donors (Lipinski definition) is 1. The molecule has 0 fully saturated rings. The molecule has 1 N–H and O–H groups in total. The summed E-state index contributed by atoms with van der Waals surface area (Å²) in [6.45, 7) is 0. The lowest BCUT2D eigenvalue weighted by atomic mass is 9.98. The summed E-state index contributed by atoms with van der Waals surface area (Å²) in [6, 6.07) is 15.6. The second-order valence-corrected chi connectivity index (χ2v) is 6.30. The zero-order valence-electron chi connectivity index (χ0n) is 15.6. The van der Waals surface area contributed by atoms with Crippen LogP contribution in [0.3, 0.4) is 0 Å². The number of benzene rings is 2. The molecule has 0 aliphatic carbocycles. The molecule has 4 rings (SSSR count). The Balaban J connectivity index is 1.92. The first-order valence-electron chi connectivity index (χ1n) is 8.83. The second kappa shape index (κ2) is 7.52. The van der Waals surface area contributed by atoms with E-state index in [9.17, 15) is 4.79 Å². The molecular weight excluding hydrogens is 354 g/mol. The van der Waals surface area contributed by atoms with Crippen molar-refractivity contribution in [3.05, 3.63) is 66.6 Å². The van der Waals surface area contributed by atoms with Crippen molar-refractivity contribution in [2.75, 3.05) is 14.2 Å². The summed E-state index contributed by atoms with van der Waals surface area (Å²) in [7, 11) is 3.01. The van der Waals surface area contributed by atoms with Crippen LogP contribution in [0.4, 0.5) is 0 Å². The lowest BCUT2D eigenvalue weighted by Crippen LogP contribution is -2.04. The van der Waals surface area contributed by atoms with Gasteiger partial charge in [0, 0.05) is 22.9 Å². The molecule has 0 amide bonds. The van der Waals surface area contributed by atoms with E-state index in [2.05, 4.69) is 15.0 Å². The highest BCUT2D eigenvalue weighted by Gasteiger charge is 2.18. The van der Waals surface area contributed by atoms with E-state index in [0.717, 1.165) is 39.0 Å². The highest BCUT2D eigenvalue weighted by Crippen LogP contribution is 2.39. The van der Waals surface area contributed by atoms with Crippen LogP contribution in [0.1, 0.15) is 5.56 Å². The van der Waals surface area contributed by atoms with Gasteiger partial charge in [-0.05, 0) is 17.7 Å². The first kappa shape index (κ1) is 17.7. The molecule has 6 heteroatoms. The fourth-order valence-electron chi connectivity index (χ4n) is 3.30. The average Bonchev–Trinajstić information content (AvgIpc) is 3.18. The molecule has 0 saturated carbocycles. The summed E-state index contributed by atoms with van der Waals surface area (Å²) < 4.78 is 10.4. The van der Waals surface area contributed by atoms with Crippen molar-refractivity contribution in [1.29, 1.82) is 0 Å². The maximum absolute atomic E-state index is 11.7. The second-order valence-electron chi connectivity index (χ2n) is 6.30. The van der Waals surface area contributed by atoms with E-state index in [1.54, 1.807) is 13.4 Å². The van der Waals surface area contributed by atoms with Crippen molar-refractivity contribution < 1.29 is 14.3 Å². The van der Waals surface area contributed by atoms with Crippen LogP contribution in [-0.2, 0) is 16.0 Å². The number of nitrogens with zero attached hydrogens (tertiary/aromatic N) is 2. The smallest absolute Gasteiger partial charge is 0.309 e. The number of rotatable bonds is 5. The number of carbonyl (C=O) groups is 1. The summed E-state index contributed by atoms with van der Waals surface area (Å²) in [5, 5.41) is 0.905. The van der Waals surface area contributed by atoms with Crippen molar-refractivity contribution in [3.8, 4) is 28.1 Å².